The van der Waals surface area contributed by atoms with Gasteiger partial charge in [-0.05, 0) is 25.6 Å². The van der Waals surface area contributed by atoms with E-state index in [1.807, 2.05) is 6.92 Å². The molecule has 0 aliphatic heterocycles. The minimum Gasteiger partial charge on any atom is -0.312 e. The maximum absolute atomic E-state index is 12.2. The molecule has 2 heterocycles. The molecule has 1 atom stereocenters. The van der Waals surface area contributed by atoms with Crippen LogP contribution in [-0.4, -0.2) is 35.6 Å². The molecule has 0 bridgehead atoms. The Kier molecular flexibility index (Phi) is 4.81. The summed E-state index contributed by atoms with van der Waals surface area (Å²) in [4.78, 5) is 0.972. The van der Waals surface area contributed by atoms with Crippen molar-refractivity contribution >= 4 is 21.4 Å². The van der Waals surface area contributed by atoms with Crippen LogP contribution in [0.4, 0.5) is 0 Å². The highest BCUT2D eigenvalue weighted by Crippen LogP contribution is 2.22. The molecule has 8 nitrogen and oxygen atoms in total. The molecule has 2 aromatic heterocycles. The lowest BCUT2D eigenvalue weighted by Gasteiger charge is -2.09. The van der Waals surface area contributed by atoms with Crippen molar-refractivity contribution in [2.45, 2.75) is 30.6 Å². The second kappa shape index (κ2) is 6.39. The second-order valence-electron chi connectivity index (χ2n) is 4.11. The van der Waals surface area contributed by atoms with E-state index >= 15 is 0 Å². The van der Waals surface area contributed by atoms with Crippen LogP contribution in [0.25, 0.3) is 0 Å². The smallest absolute Gasteiger partial charge is 0.250 e. The van der Waals surface area contributed by atoms with Gasteiger partial charge in [0.25, 0.3) is 10.0 Å². The van der Waals surface area contributed by atoms with Crippen LogP contribution in [0, 0.1) is 0 Å². The molecule has 0 aliphatic carbocycles. The third-order valence-corrected chi connectivity index (χ3v) is 5.65. The van der Waals surface area contributed by atoms with Crippen LogP contribution in [0.5, 0.6) is 0 Å². The van der Waals surface area contributed by atoms with Crippen molar-refractivity contribution in [3.05, 3.63) is 22.8 Å². The van der Waals surface area contributed by atoms with Crippen molar-refractivity contribution in [3.8, 4) is 0 Å². The molecule has 2 aromatic rings. The Bertz CT molecular complexity index is 637. The fraction of sp³-hybridized carbons (Fsp3) is 0.500. The van der Waals surface area contributed by atoms with E-state index in [4.69, 9.17) is 0 Å². The summed E-state index contributed by atoms with van der Waals surface area (Å²) in [5.74, 6) is 0.304. The lowest BCUT2D eigenvalue weighted by molar-refractivity contribution is 0.562. The average Bonchev–Trinajstić information content (AvgIpc) is 3.07. The molecule has 0 saturated carbocycles. The van der Waals surface area contributed by atoms with Crippen LogP contribution in [0.15, 0.2) is 16.3 Å². The van der Waals surface area contributed by atoms with Crippen molar-refractivity contribution in [2.24, 2.45) is 0 Å². The Labute approximate surface area is 121 Å². The number of H-pyrrole nitrogens is 1. The van der Waals surface area contributed by atoms with Crippen LogP contribution in [-0.2, 0) is 16.6 Å². The first-order valence-corrected chi connectivity index (χ1v) is 8.38. The quantitative estimate of drug-likeness (QED) is 0.682. The van der Waals surface area contributed by atoms with Gasteiger partial charge in [-0.15, -0.1) is 21.5 Å². The van der Waals surface area contributed by atoms with Gasteiger partial charge in [0.1, 0.15) is 4.21 Å². The van der Waals surface area contributed by atoms with Gasteiger partial charge in [0.2, 0.25) is 0 Å². The molecule has 0 aliphatic rings. The standard InChI is InChI=1S/C10H16N6O2S2/c1-3-11-6-8-4-5-9(19-8)20(17,18)14-7(2)10-12-15-16-13-10/h4-5,7,11,14H,3,6H2,1-2H3,(H,12,13,15,16). The number of tetrazole rings is 1. The van der Waals surface area contributed by atoms with Crippen LogP contribution >= 0.6 is 11.3 Å². The number of nitrogens with one attached hydrogen (secondary N) is 3. The number of thiophene rings is 1. The Morgan fingerprint density at radius 2 is 2.25 bits per heavy atom. The highest BCUT2D eigenvalue weighted by Gasteiger charge is 2.22. The van der Waals surface area contributed by atoms with E-state index in [2.05, 4.69) is 30.7 Å². The maximum Gasteiger partial charge on any atom is 0.250 e. The summed E-state index contributed by atoms with van der Waals surface area (Å²) in [7, 11) is -3.57. The summed E-state index contributed by atoms with van der Waals surface area (Å²) in [6, 6.07) is 2.86. The largest absolute Gasteiger partial charge is 0.312 e. The minimum atomic E-state index is -3.57. The van der Waals surface area contributed by atoms with E-state index in [9.17, 15) is 8.42 Å². The van der Waals surface area contributed by atoms with Gasteiger partial charge in [0.05, 0.1) is 6.04 Å². The predicted octanol–water partition coefficient (Wildman–Crippen LogP) is 0.410. The van der Waals surface area contributed by atoms with Gasteiger partial charge in [-0.2, -0.15) is 9.94 Å². The van der Waals surface area contributed by atoms with Crippen molar-refractivity contribution in [1.29, 1.82) is 0 Å². The SMILES string of the molecule is CCNCc1ccc(S(=O)(=O)NC(C)c2nn[nH]n2)s1. The van der Waals surface area contributed by atoms with Crippen LogP contribution in [0.1, 0.15) is 30.6 Å². The Balaban J connectivity index is 2.08. The number of hydrogen-bond acceptors (Lipinski definition) is 7. The minimum absolute atomic E-state index is 0.278. The second-order valence-corrected chi connectivity index (χ2v) is 7.22. The van der Waals surface area contributed by atoms with Crippen LogP contribution in [0.2, 0.25) is 0 Å². The first-order valence-electron chi connectivity index (χ1n) is 6.08. The van der Waals surface area contributed by atoms with Gasteiger partial charge in [-0.1, -0.05) is 12.1 Å². The first-order chi connectivity index (χ1) is 9.53. The molecular weight excluding hydrogens is 300 g/mol. The molecular formula is C10H16N6O2S2. The van der Waals surface area contributed by atoms with E-state index in [-0.39, 0.29) is 4.21 Å². The van der Waals surface area contributed by atoms with Crippen molar-refractivity contribution < 1.29 is 8.42 Å². The molecule has 0 spiro atoms. The number of aromatic amines is 1. The molecule has 110 valence electrons. The number of aromatic nitrogens is 4. The fourth-order valence-corrected chi connectivity index (χ4v) is 4.09. The highest BCUT2D eigenvalue weighted by molar-refractivity contribution is 7.91. The molecule has 10 heteroatoms. The molecule has 0 aromatic carbocycles. The predicted molar refractivity (Wildman–Crippen MR) is 74.6 cm³/mol. The molecule has 0 amide bonds. The van der Waals surface area contributed by atoms with Crippen LogP contribution in [0.3, 0.4) is 0 Å². The van der Waals surface area contributed by atoms with Gasteiger partial charge in [0.15, 0.2) is 5.82 Å². The summed E-state index contributed by atoms with van der Waals surface area (Å²) in [5.41, 5.74) is 0. The summed E-state index contributed by atoms with van der Waals surface area (Å²) in [5, 5.41) is 16.4. The number of nitrogens with zero attached hydrogens (tertiary/aromatic N) is 3. The van der Waals surface area contributed by atoms with Gasteiger partial charge >= 0.3 is 0 Å². The highest BCUT2D eigenvalue weighted by atomic mass is 32.2. The number of rotatable bonds is 7. The lowest BCUT2D eigenvalue weighted by atomic mass is 10.4. The maximum atomic E-state index is 12.2. The average molecular weight is 316 g/mol. The van der Waals surface area contributed by atoms with Crippen molar-refractivity contribution in [2.75, 3.05) is 6.54 Å². The number of sulfonamides is 1. The van der Waals surface area contributed by atoms with Gasteiger partial charge in [-0.25, -0.2) is 8.42 Å². The topological polar surface area (TPSA) is 113 Å². The van der Waals surface area contributed by atoms with E-state index in [0.29, 0.717) is 12.4 Å². The molecule has 0 radical (unpaired) electrons. The van der Waals surface area contributed by atoms with E-state index < -0.39 is 16.1 Å². The zero-order valence-corrected chi connectivity index (χ0v) is 12.8. The van der Waals surface area contributed by atoms with E-state index in [1.165, 1.54) is 11.3 Å². The van der Waals surface area contributed by atoms with Crippen molar-refractivity contribution in [3.63, 3.8) is 0 Å². The van der Waals surface area contributed by atoms with Gasteiger partial charge in [0, 0.05) is 11.4 Å². The lowest BCUT2D eigenvalue weighted by Crippen LogP contribution is -2.27. The summed E-state index contributed by atoms with van der Waals surface area (Å²) in [6.07, 6.45) is 0. The third-order valence-electron chi connectivity index (χ3n) is 2.53. The molecule has 2 rings (SSSR count). The van der Waals surface area contributed by atoms with Gasteiger partial charge in [-0.3, -0.25) is 0 Å². The Morgan fingerprint density at radius 1 is 1.45 bits per heavy atom. The third kappa shape index (κ3) is 3.60. The normalized spacial score (nSPS) is 13.5. The van der Waals surface area contributed by atoms with Crippen LogP contribution < -0.4 is 10.0 Å². The summed E-state index contributed by atoms with van der Waals surface area (Å²) in [6.45, 7) is 5.17. The first kappa shape index (κ1) is 15.0. The fourth-order valence-electron chi connectivity index (χ4n) is 1.54. The van der Waals surface area contributed by atoms with E-state index in [0.717, 1.165) is 11.4 Å². The molecule has 3 N–H and O–H groups in total. The summed E-state index contributed by atoms with van der Waals surface area (Å²) >= 11 is 1.24. The number of hydrogen-bond donors (Lipinski definition) is 3. The van der Waals surface area contributed by atoms with Crippen molar-refractivity contribution in [1.82, 2.24) is 30.7 Å². The van der Waals surface area contributed by atoms with E-state index in [1.54, 1.807) is 19.1 Å². The summed E-state index contributed by atoms with van der Waals surface area (Å²) < 4.78 is 27.2. The zero-order chi connectivity index (χ0) is 14.6. The Hall–Kier alpha value is -1.36. The molecule has 1 unspecified atom stereocenters. The Morgan fingerprint density at radius 3 is 2.90 bits per heavy atom. The molecule has 0 fully saturated rings. The molecule has 20 heavy (non-hydrogen) atoms. The molecule has 0 saturated heterocycles. The zero-order valence-electron chi connectivity index (χ0n) is 11.1. The monoisotopic (exact) mass is 316 g/mol. The van der Waals surface area contributed by atoms with Gasteiger partial charge < -0.3 is 5.32 Å².